The van der Waals surface area contributed by atoms with Gasteiger partial charge in [-0.05, 0) is 12.5 Å². The SMILES string of the molecule is Cc1ccc([C@H]2CSCCN2C(=O)c2[nH]c(=O)[nH]c(=O)c2N)cc1. The Hall–Kier alpha value is -2.48. The van der Waals surface area contributed by atoms with Crippen molar-refractivity contribution in [1.82, 2.24) is 14.9 Å². The van der Waals surface area contributed by atoms with Crippen LogP contribution in [0.5, 0.6) is 0 Å². The molecule has 4 N–H and O–H groups in total. The molecule has 1 aliphatic heterocycles. The van der Waals surface area contributed by atoms with Crippen LogP contribution in [-0.4, -0.2) is 38.8 Å². The number of hydrogen-bond donors (Lipinski definition) is 3. The minimum atomic E-state index is -0.750. The molecule has 0 bridgehead atoms. The van der Waals surface area contributed by atoms with Gasteiger partial charge in [0.1, 0.15) is 11.4 Å². The van der Waals surface area contributed by atoms with Gasteiger partial charge in [0.05, 0.1) is 6.04 Å². The third-order valence-corrected chi connectivity index (χ3v) is 5.07. The number of nitrogens with one attached hydrogen (secondary N) is 2. The van der Waals surface area contributed by atoms with E-state index in [1.165, 1.54) is 0 Å². The largest absolute Gasteiger partial charge is 0.392 e. The first-order chi connectivity index (χ1) is 11.5. The molecule has 3 rings (SSSR count). The van der Waals surface area contributed by atoms with Crippen LogP contribution in [0.2, 0.25) is 0 Å². The summed E-state index contributed by atoms with van der Waals surface area (Å²) in [6.45, 7) is 2.53. The number of aromatic amines is 2. The molecule has 24 heavy (non-hydrogen) atoms. The number of hydrogen-bond acceptors (Lipinski definition) is 5. The monoisotopic (exact) mass is 346 g/mol. The number of aromatic nitrogens is 2. The number of nitrogens with zero attached hydrogens (tertiary/aromatic N) is 1. The molecule has 126 valence electrons. The lowest BCUT2D eigenvalue weighted by atomic mass is 10.0. The lowest BCUT2D eigenvalue weighted by Gasteiger charge is -2.35. The molecule has 1 aliphatic rings. The van der Waals surface area contributed by atoms with E-state index in [2.05, 4.69) is 4.98 Å². The number of anilines is 1. The fourth-order valence-corrected chi connectivity index (χ4v) is 3.81. The van der Waals surface area contributed by atoms with E-state index in [4.69, 9.17) is 5.73 Å². The molecule has 1 saturated heterocycles. The smallest absolute Gasteiger partial charge is 0.326 e. The van der Waals surface area contributed by atoms with E-state index in [-0.39, 0.29) is 17.4 Å². The number of aryl methyl sites for hydroxylation is 1. The average molecular weight is 346 g/mol. The lowest BCUT2D eigenvalue weighted by Crippen LogP contribution is -2.43. The van der Waals surface area contributed by atoms with Gasteiger partial charge in [-0.2, -0.15) is 11.8 Å². The Morgan fingerprint density at radius 2 is 1.96 bits per heavy atom. The fourth-order valence-electron chi connectivity index (χ4n) is 2.72. The average Bonchev–Trinajstić information content (AvgIpc) is 2.58. The first-order valence-electron chi connectivity index (χ1n) is 7.54. The summed E-state index contributed by atoms with van der Waals surface area (Å²) >= 11 is 1.76. The van der Waals surface area contributed by atoms with Gasteiger partial charge in [-0.1, -0.05) is 29.8 Å². The van der Waals surface area contributed by atoms with Gasteiger partial charge in [0.25, 0.3) is 11.5 Å². The molecule has 0 aliphatic carbocycles. The Morgan fingerprint density at radius 1 is 1.25 bits per heavy atom. The number of carbonyl (C=O) groups is 1. The van der Waals surface area contributed by atoms with Gasteiger partial charge in [-0.15, -0.1) is 0 Å². The van der Waals surface area contributed by atoms with Gasteiger partial charge < -0.3 is 15.6 Å². The fraction of sp³-hybridized carbons (Fsp3) is 0.312. The second kappa shape index (κ2) is 6.56. The molecule has 7 nitrogen and oxygen atoms in total. The van der Waals surface area contributed by atoms with Gasteiger partial charge in [-0.3, -0.25) is 14.6 Å². The molecule has 0 unspecified atom stereocenters. The van der Waals surface area contributed by atoms with Crippen molar-refractivity contribution < 1.29 is 4.79 Å². The third kappa shape index (κ3) is 3.09. The standard InChI is InChI=1S/C16H18N4O3S/c1-9-2-4-10(5-3-9)11-8-24-7-6-20(11)15(22)13-12(17)14(21)19-16(23)18-13/h2-5,11H,6-8,17H2,1H3,(H2,18,19,21,23)/t11-/m1/s1. The summed E-state index contributed by atoms with van der Waals surface area (Å²) in [7, 11) is 0. The third-order valence-electron chi connectivity index (χ3n) is 4.04. The number of rotatable bonds is 2. The summed E-state index contributed by atoms with van der Waals surface area (Å²) < 4.78 is 0. The van der Waals surface area contributed by atoms with Crippen LogP contribution >= 0.6 is 11.8 Å². The highest BCUT2D eigenvalue weighted by Crippen LogP contribution is 2.31. The summed E-state index contributed by atoms with van der Waals surface area (Å²) in [6.07, 6.45) is 0. The first-order valence-corrected chi connectivity index (χ1v) is 8.70. The Kier molecular flexibility index (Phi) is 4.48. The van der Waals surface area contributed by atoms with E-state index in [0.717, 1.165) is 22.6 Å². The van der Waals surface area contributed by atoms with Crippen LogP contribution in [-0.2, 0) is 0 Å². The van der Waals surface area contributed by atoms with E-state index in [9.17, 15) is 14.4 Å². The quantitative estimate of drug-likeness (QED) is 0.747. The Morgan fingerprint density at radius 3 is 2.67 bits per heavy atom. The summed E-state index contributed by atoms with van der Waals surface area (Å²) in [5.41, 5.74) is 5.96. The van der Waals surface area contributed by atoms with Gasteiger partial charge >= 0.3 is 5.69 Å². The van der Waals surface area contributed by atoms with Crippen LogP contribution in [0.25, 0.3) is 0 Å². The van der Waals surface area contributed by atoms with Crippen molar-refractivity contribution in [1.29, 1.82) is 0 Å². The number of nitrogen functional groups attached to an aromatic ring is 1. The molecular formula is C16H18N4O3S. The molecule has 1 aromatic heterocycles. The predicted molar refractivity (Wildman–Crippen MR) is 94.4 cm³/mol. The number of nitrogens with two attached hydrogens (primary N) is 1. The van der Waals surface area contributed by atoms with Crippen LogP contribution < -0.4 is 17.0 Å². The van der Waals surface area contributed by atoms with E-state index >= 15 is 0 Å². The molecule has 1 aromatic carbocycles. The van der Waals surface area contributed by atoms with Gasteiger partial charge in [0.2, 0.25) is 0 Å². The van der Waals surface area contributed by atoms with E-state index in [1.54, 1.807) is 16.7 Å². The normalized spacial score (nSPS) is 17.7. The van der Waals surface area contributed by atoms with Gasteiger partial charge in [-0.25, -0.2) is 4.79 Å². The van der Waals surface area contributed by atoms with Crippen molar-refractivity contribution in [3.8, 4) is 0 Å². The zero-order valence-corrected chi connectivity index (χ0v) is 14.0. The minimum Gasteiger partial charge on any atom is -0.392 e. The molecule has 2 aromatic rings. The summed E-state index contributed by atoms with van der Waals surface area (Å²) in [6, 6.07) is 7.87. The Labute approximate surface area is 142 Å². The van der Waals surface area contributed by atoms with Gasteiger partial charge in [0, 0.05) is 18.1 Å². The van der Waals surface area contributed by atoms with Crippen molar-refractivity contribution in [3.05, 3.63) is 61.9 Å². The molecule has 2 heterocycles. The molecule has 0 saturated carbocycles. The van der Waals surface area contributed by atoms with Gasteiger partial charge in [0.15, 0.2) is 0 Å². The maximum Gasteiger partial charge on any atom is 0.326 e. The summed E-state index contributed by atoms with van der Waals surface area (Å²) in [5.74, 6) is 1.12. The first kappa shape index (κ1) is 16.4. The van der Waals surface area contributed by atoms with E-state index < -0.39 is 17.2 Å². The number of amides is 1. The molecule has 8 heteroatoms. The Bertz CT molecular complexity index is 872. The zero-order valence-electron chi connectivity index (χ0n) is 13.2. The second-order valence-corrected chi connectivity index (χ2v) is 6.85. The summed E-state index contributed by atoms with van der Waals surface area (Å²) in [4.78, 5) is 42.1. The van der Waals surface area contributed by atoms with Crippen LogP contribution in [0.15, 0.2) is 33.9 Å². The number of benzene rings is 1. The highest BCUT2D eigenvalue weighted by molar-refractivity contribution is 7.99. The summed E-state index contributed by atoms with van der Waals surface area (Å²) in [5, 5.41) is 0. The van der Waals surface area contributed by atoms with Crippen molar-refractivity contribution in [2.24, 2.45) is 0 Å². The molecule has 0 radical (unpaired) electrons. The predicted octanol–water partition coefficient (Wildman–Crippen LogP) is 0.884. The van der Waals surface area contributed by atoms with Crippen molar-refractivity contribution >= 4 is 23.4 Å². The number of thioether (sulfide) groups is 1. The highest BCUT2D eigenvalue weighted by Gasteiger charge is 2.31. The van der Waals surface area contributed by atoms with Crippen molar-refractivity contribution in [2.75, 3.05) is 23.8 Å². The zero-order chi connectivity index (χ0) is 17.3. The van der Waals surface area contributed by atoms with E-state index in [1.807, 2.05) is 36.2 Å². The van der Waals surface area contributed by atoms with Crippen LogP contribution in [0.4, 0.5) is 5.69 Å². The molecule has 0 spiro atoms. The second-order valence-electron chi connectivity index (χ2n) is 5.70. The minimum absolute atomic E-state index is 0.126. The highest BCUT2D eigenvalue weighted by atomic mass is 32.2. The molecule has 1 fully saturated rings. The maximum atomic E-state index is 12.9. The lowest BCUT2D eigenvalue weighted by molar-refractivity contribution is 0.0696. The molecule has 1 atom stereocenters. The topological polar surface area (TPSA) is 112 Å². The molecule has 1 amide bonds. The van der Waals surface area contributed by atoms with Crippen LogP contribution in [0.3, 0.4) is 0 Å². The maximum absolute atomic E-state index is 12.9. The van der Waals surface area contributed by atoms with E-state index in [0.29, 0.717) is 6.54 Å². The number of carbonyl (C=O) groups excluding carboxylic acids is 1. The van der Waals surface area contributed by atoms with Crippen LogP contribution in [0.1, 0.15) is 27.7 Å². The van der Waals surface area contributed by atoms with Crippen molar-refractivity contribution in [3.63, 3.8) is 0 Å². The molecular weight excluding hydrogens is 328 g/mol. The Balaban J connectivity index is 1.99. The van der Waals surface area contributed by atoms with Crippen LogP contribution in [0, 0.1) is 6.92 Å². The number of H-pyrrole nitrogens is 2. The van der Waals surface area contributed by atoms with Crippen molar-refractivity contribution in [2.45, 2.75) is 13.0 Å².